The molecule has 0 aliphatic heterocycles. The number of ether oxygens (including phenoxy) is 1. The minimum absolute atomic E-state index is 0.300. The standard InChI is InChI=1S/C19H18ClN3O2/c1-11-4-6-13(7-5-11)15-10-17(23-22-15)19(24)21-16-8-12(2)14(20)9-18(16)25-3/h4-10H,1-3H3,(H,21,24)(H,22,23). The highest BCUT2D eigenvalue weighted by atomic mass is 35.5. The summed E-state index contributed by atoms with van der Waals surface area (Å²) in [7, 11) is 1.53. The van der Waals surface area contributed by atoms with Crippen molar-refractivity contribution < 1.29 is 9.53 Å². The fourth-order valence-corrected chi connectivity index (χ4v) is 2.58. The van der Waals surface area contributed by atoms with Crippen molar-refractivity contribution >= 4 is 23.2 Å². The number of rotatable bonds is 4. The van der Waals surface area contributed by atoms with Crippen molar-refractivity contribution in [3.05, 3.63) is 64.3 Å². The van der Waals surface area contributed by atoms with Crippen molar-refractivity contribution in [2.24, 2.45) is 0 Å². The van der Waals surface area contributed by atoms with Gasteiger partial charge in [0.15, 0.2) is 0 Å². The Balaban J connectivity index is 1.83. The maximum atomic E-state index is 12.5. The third-order valence-electron chi connectivity index (χ3n) is 3.90. The molecule has 1 heterocycles. The van der Waals surface area contributed by atoms with E-state index in [2.05, 4.69) is 15.5 Å². The summed E-state index contributed by atoms with van der Waals surface area (Å²) in [6.07, 6.45) is 0. The van der Waals surface area contributed by atoms with E-state index in [1.807, 2.05) is 38.1 Å². The predicted molar refractivity (Wildman–Crippen MR) is 99.5 cm³/mol. The molecule has 0 aliphatic rings. The van der Waals surface area contributed by atoms with Crippen molar-refractivity contribution in [2.75, 3.05) is 12.4 Å². The molecule has 1 aromatic heterocycles. The Labute approximate surface area is 151 Å². The third-order valence-corrected chi connectivity index (χ3v) is 4.31. The van der Waals surface area contributed by atoms with E-state index < -0.39 is 0 Å². The van der Waals surface area contributed by atoms with Crippen LogP contribution in [-0.2, 0) is 0 Å². The van der Waals surface area contributed by atoms with Gasteiger partial charge in [-0.05, 0) is 31.5 Å². The number of H-pyrrole nitrogens is 1. The predicted octanol–water partition coefficient (Wildman–Crippen LogP) is 4.61. The van der Waals surface area contributed by atoms with Gasteiger partial charge in [-0.3, -0.25) is 9.89 Å². The van der Waals surface area contributed by atoms with E-state index in [0.717, 1.165) is 11.1 Å². The number of anilines is 1. The number of aromatic amines is 1. The number of halogens is 1. The average Bonchev–Trinajstić information content (AvgIpc) is 3.08. The largest absolute Gasteiger partial charge is 0.495 e. The second-order valence-electron chi connectivity index (χ2n) is 5.79. The smallest absolute Gasteiger partial charge is 0.273 e. The number of nitrogens with one attached hydrogen (secondary N) is 2. The average molecular weight is 356 g/mol. The number of aryl methyl sites for hydroxylation is 2. The zero-order valence-corrected chi connectivity index (χ0v) is 14.9. The van der Waals surface area contributed by atoms with Crippen LogP contribution in [-0.4, -0.2) is 23.2 Å². The van der Waals surface area contributed by atoms with E-state index in [-0.39, 0.29) is 5.91 Å². The van der Waals surface area contributed by atoms with Crippen molar-refractivity contribution in [3.63, 3.8) is 0 Å². The summed E-state index contributed by atoms with van der Waals surface area (Å²) in [6, 6.07) is 13.1. The fraction of sp³-hybridized carbons (Fsp3) is 0.158. The second kappa shape index (κ2) is 6.99. The molecule has 0 atom stereocenters. The Morgan fingerprint density at radius 2 is 1.88 bits per heavy atom. The first-order valence-corrected chi connectivity index (χ1v) is 8.13. The number of nitrogens with zero attached hydrogens (tertiary/aromatic N) is 1. The number of benzene rings is 2. The molecule has 5 nitrogen and oxygen atoms in total. The molecule has 3 rings (SSSR count). The van der Waals surface area contributed by atoms with E-state index in [1.54, 1.807) is 18.2 Å². The second-order valence-corrected chi connectivity index (χ2v) is 6.20. The van der Waals surface area contributed by atoms with Gasteiger partial charge in [-0.1, -0.05) is 41.4 Å². The summed E-state index contributed by atoms with van der Waals surface area (Å²) in [4.78, 5) is 12.5. The lowest BCUT2D eigenvalue weighted by molar-refractivity contribution is 0.102. The van der Waals surface area contributed by atoms with Gasteiger partial charge in [-0.15, -0.1) is 0 Å². The molecule has 1 amide bonds. The summed E-state index contributed by atoms with van der Waals surface area (Å²) in [5.74, 6) is 0.202. The molecule has 0 radical (unpaired) electrons. The van der Waals surface area contributed by atoms with Crippen LogP contribution in [0, 0.1) is 13.8 Å². The molecule has 2 N–H and O–H groups in total. The number of carbonyl (C=O) groups excluding carboxylic acids is 1. The number of hydrogen-bond acceptors (Lipinski definition) is 3. The fourth-order valence-electron chi connectivity index (χ4n) is 2.43. The molecule has 3 aromatic rings. The van der Waals surface area contributed by atoms with Crippen molar-refractivity contribution in [1.29, 1.82) is 0 Å². The van der Waals surface area contributed by atoms with E-state index >= 15 is 0 Å². The molecule has 0 saturated heterocycles. The van der Waals surface area contributed by atoms with Crippen LogP contribution < -0.4 is 10.1 Å². The lowest BCUT2D eigenvalue weighted by Crippen LogP contribution is -2.13. The van der Waals surface area contributed by atoms with Crippen LogP contribution in [0.3, 0.4) is 0 Å². The van der Waals surface area contributed by atoms with Crippen LogP contribution in [0.25, 0.3) is 11.3 Å². The molecule has 2 aromatic carbocycles. The molecule has 0 bridgehead atoms. The van der Waals surface area contributed by atoms with Crippen molar-refractivity contribution in [1.82, 2.24) is 10.2 Å². The minimum atomic E-state index is -0.300. The van der Waals surface area contributed by atoms with Gasteiger partial charge in [0.1, 0.15) is 11.4 Å². The van der Waals surface area contributed by atoms with Crippen molar-refractivity contribution in [2.45, 2.75) is 13.8 Å². The van der Waals surface area contributed by atoms with Crippen LogP contribution in [0.1, 0.15) is 21.6 Å². The first-order valence-electron chi connectivity index (χ1n) is 7.76. The van der Waals surface area contributed by atoms with Crippen LogP contribution in [0.2, 0.25) is 5.02 Å². The summed E-state index contributed by atoms with van der Waals surface area (Å²) in [5, 5.41) is 10.4. The monoisotopic (exact) mass is 355 g/mol. The van der Waals surface area contributed by atoms with Crippen LogP contribution >= 0.6 is 11.6 Å². The van der Waals surface area contributed by atoms with E-state index in [0.29, 0.717) is 27.8 Å². The Kier molecular flexibility index (Phi) is 4.76. The zero-order valence-electron chi connectivity index (χ0n) is 14.2. The molecule has 0 aliphatic carbocycles. The quantitative estimate of drug-likeness (QED) is 0.718. The molecule has 6 heteroatoms. The number of methoxy groups -OCH3 is 1. The third kappa shape index (κ3) is 3.67. The minimum Gasteiger partial charge on any atom is -0.495 e. The summed E-state index contributed by atoms with van der Waals surface area (Å²) in [6.45, 7) is 3.89. The molecule has 128 valence electrons. The van der Waals surface area contributed by atoms with E-state index in [9.17, 15) is 4.79 Å². The van der Waals surface area contributed by atoms with Gasteiger partial charge in [-0.2, -0.15) is 5.10 Å². The molecule has 0 spiro atoms. The van der Waals surface area contributed by atoms with Gasteiger partial charge in [0.05, 0.1) is 18.5 Å². The van der Waals surface area contributed by atoms with E-state index in [4.69, 9.17) is 16.3 Å². The first kappa shape index (κ1) is 17.0. The SMILES string of the molecule is COc1cc(Cl)c(C)cc1NC(=O)c1cc(-c2ccc(C)cc2)n[nH]1. The van der Waals surface area contributed by atoms with Crippen LogP contribution in [0.5, 0.6) is 5.75 Å². The zero-order chi connectivity index (χ0) is 18.0. The van der Waals surface area contributed by atoms with Gasteiger partial charge in [0, 0.05) is 16.7 Å². The summed E-state index contributed by atoms with van der Waals surface area (Å²) in [5.41, 5.74) is 4.60. The molecular formula is C19H18ClN3O2. The Morgan fingerprint density at radius 1 is 1.16 bits per heavy atom. The molecule has 0 fully saturated rings. The van der Waals surface area contributed by atoms with Crippen LogP contribution in [0.4, 0.5) is 5.69 Å². The number of hydrogen-bond donors (Lipinski definition) is 2. The lowest BCUT2D eigenvalue weighted by atomic mass is 10.1. The highest BCUT2D eigenvalue weighted by Gasteiger charge is 2.14. The number of aromatic nitrogens is 2. The molecule has 25 heavy (non-hydrogen) atoms. The molecular weight excluding hydrogens is 338 g/mol. The maximum absolute atomic E-state index is 12.5. The number of amides is 1. The highest BCUT2D eigenvalue weighted by Crippen LogP contribution is 2.31. The van der Waals surface area contributed by atoms with Crippen LogP contribution in [0.15, 0.2) is 42.5 Å². The lowest BCUT2D eigenvalue weighted by Gasteiger charge is -2.11. The van der Waals surface area contributed by atoms with Crippen molar-refractivity contribution in [3.8, 4) is 17.0 Å². The normalized spacial score (nSPS) is 10.6. The number of carbonyl (C=O) groups is 1. The highest BCUT2D eigenvalue weighted by molar-refractivity contribution is 6.31. The Morgan fingerprint density at radius 3 is 2.56 bits per heavy atom. The van der Waals surface area contributed by atoms with Gasteiger partial charge in [0.2, 0.25) is 0 Å². The van der Waals surface area contributed by atoms with Gasteiger partial charge in [-0.25, -0.2) is 0 Å². The Hall–Kier alpha value is -2.79. The topological polar surface area (TPSA) is 67.0 Å². The molecule has 0 saturated carbocycles. The van der Waals surface area contributed by atoms with Gasteiger partial charge < -0.3 is 10.1 Å². The van der Waals surface area contributed by atoms with Gasteiger partial charge in [0.25, 0.3) is 5.91 Å². The summed E-state index contributed by atoms with van der Waals surface area (Å²) < 4.78 is 5.28. The maximum Gasteiger partial charge on any atom is 0.273 e. The summed E-state index contributed by atoms with van der Waals surface area (Å²) >= 11 is 6.09. The first-order chi connectivity index (χ1) is 12.0. The Bertz CT molecular complexity index is 917. The van der Waals surface area contributed by atoms with Gasteiger partial charge >= 0.3 is 0 Å². The molecule has 0 unspecified atom stereocenters. The van der Waals surface area contributed by atoms with E-state index in [1.165, 1.54) is 12.7 Å².